The summed E-state index contributed by atoms with van der Waals surface area (Å²) in [5.41, 5.74) is 1.73. The third kappa shape index (κ3) is 3.18. The lowest BCUT2D eigenvalue weighted by molar-refractivity contribution is 0.0400. The number of benzene rings is 1. The van der Waals surface area contributed by atoms with Crippen LogP contribution in [-0.4, -0.2) is 11.7 Å². The summed E-state index contributed by atoms with van der Waals surface area (Å²) >= 11 is 0. The minimum atomic E-state index is 0.239. The molecule has 1 aromatic carbocycles. The van der Waals surface area contributed by atoms with E-state index < -0.39 is 0 Å². The molecule has 1 heteroatoms. The van der Waals surface area contributed by atoms with Gasteiger partial charge in [0.25, 0.3) is 0 Å². The lowest BCUT2D eigenvalue weighted by Gasteiger charge is -2.40. The van der Waals surface area contributed by atoms with E-state index in [0.717, 1.165) is 11.8 Å². The first-order valence-corrected chi connectivity index (χ1v) is 8.95. The van der Waals surface area contributed by atoms with Crippen molar-refractivity contribution in [2.24, 2.45) is 17.3 Å². The Hall–Kier alpha value is -0.820. The summed E-state index contributed by atoms with van der Waals surface area (Å²) in [6.07, 6.45) is 10.6. The van der Waals surface area contributed by atoms with E-state index in [2.05, 4.69) is 37.3 Å². The van der Waals surface area contributed by atoms with Gasteiger partial charge in [0.15, 0.2) is 0 Å². The van der Waals surface area contributed by atoms with Gasteiger partial charge in [-0.25, -0.2) is 0 Å². The van der Waals surface area contributed by atoms with Crippen LogP contribution in [-0.2, 0) is 0 Å². The number of hydrogen-bond acceptors (Lipinski definition) is 1. The van der Waals surface area contributed by atoms with Crippen molar-refractivity contribution >= 4 is 0 Å². The second-order valence-electron chi connectivity index (χ2n) is 7.47. The maximum atomic E-state index is 10.1. The van der Waals surface area contributed by atoms with Crippen molar-refractivity contribution in [3.8, 4) is 0 Å². The number of unbranched alkanes of at least 4 members (excludes halogenated alkanes) is 1. The van der Waals surface area contributed by atoms with Gasteiger partial charge in [0.2, 0.25) is 0 Å². The molecule has 2 unspecified atom stereocenters. The SMILES string of the molecule is CCCCC1CCC(CO)(C2CC2c2ccccc2)CC1. The molecule has 0 amide bonds. The molecule has 3 rings (SSSR count). The van der Waals surface area contributed by atoms with Crippen LogP contribution in [0.1, 0.15) is 69.8 Å². The van der Waals surface area contributed by atoms with Gasteiger partial charge in [0.1, 0.15) is 0 Å². The summed E-state index contributed by atoms with van der Waals surface area (Å²) in [5, 5.41) is 10.1. The first-order valence-electron chi connectivity index (χ1n) is 8.95. The van der Waals surface area contributed by atoms with Crippen molar-refractivity contribution in [3.05, 3.63) is 35.9 Å². The summed E-state index contributed by atoms with van der Waals surface area (Å²) in [7, 11) is 0. The van der Waals surface area contributed by atoms with E-state index in [1.807, 2.05) is 0 Å². The first-order chi connectivity index (χ1) is 10.3. The zero-order valence-corrected chi connectivity index (χ0v) is 13.4. The van der Waals surface area contributed by atoms with Crippen LogP contribution < -0.4 is 0 Å². The van der Waals surface area contributed by atoms with Gasteiger partial charge in [-0.05, 0) is 60.8 Å². The number of aliphatic hydroxyl groups is 1. The van der Waals surface area contributed by atoms with Crippen molar-refractivity contribution in [2.75, 3.05) is 6.61 Å². The van der Waals surface area contributed by atoms with E-state index in [1.54, 1.807) is 0 Å². The molecule has 2 atom stereocenters. The van der Waals surface area contributed by atoms with Gasteiger partial charge < -0.3 is 5.11 Å². The molecule has 1 nitrogen and oxygen atoms in total. The van der Waals surface area contributed by atoms with Gasteiger partial charge in [-0.15, -0.1) is 0 Å². The Morgan fingerprint density at radius 1 is 1.14 bits per heavy atom. The molecule has 0 spiro atoms. The van der Waals surface area contributed by atoms with Crippen molar-refractivity contribution in [1.29, 1.82) is 0 Å². The molecule has 2 saturated carbocycles. The molecule has 21 heavy (non-hydrogen) atoms. The van der Waals surface area contributed by atoms with E-state index in [9.17, 15) is 5.11 Å². The zero-order valence-electron chi connectivity index (χ0n) is 13.4. The van der Waals surface area contributed by atoms with Crippen molar-refractivity contribution in [2.45, 2.75) is 64.2 Å². The number of hydrogen-bond donors (Lipinski definition) is 1. The maximum absolute atomic E-state index is 10.1. The molecular formula is C20H30O. The Kier molecular flexibility index (Phi) is 4.69. The third-order valence-electron chi connectivity index (χ3n) is 6.19. The predicted octanol–water partition coefficient (Wildman–Crippen LogP) is 5.15. The van der Waals surface area contributed by atoms with E-state index >= 15 is 0 Å². The van der Waals surface area contributed by atoms with Crippen LogP contribution in [0.5, 0.6) is 0 Å². The second kappa shape index (κ2) is 6.52. The molecule has 2 fully saturated rings. The molecule has 0 heterocycles. The summed E-state index contributed by atoms with van der Waals surface area (Å²) in [5.74, 6) is 2.38. The Bertz CT molecular complexity index is 430. The van der Waals surface area contributed by atoms with E-state index in [0.29, 0.717) is 12.5 Å². The molecule has 0 aromatic heterocycles. The standard InChI is InChI=1S/C20H30O/c1-2-3-7-16-10-12-20(15-21,13-11-16)19-14-18(19)17-8-5-4-6-9-17/h4-6,8-9,16,18-19,21H,2-3,7,10-15H2,1H3. The van der Waals surface area contributed by atoms with E-state index in [4.69, 9.17) is 0 Å². The van der Waals surface area contributed by atoms with Crippen LogP contribution in [0.25, 0.3) is 0 Å². The second-order valence-corrected chi connectivity index (χ2v) is 7.47. The average molecular weight is 286 g/mol. The van der Waals surface area contributed by atoms with Gasteiger partial charge in [-0.1, -0.05) is 56.5 Å². The van der Waals surface area contributed by atoms with Gasteiger partial charge in [-0.3, -0.25) is 0 Å². The maximum Gasteiger partial charge on any atom is 0.0490 e. The number of aliphatic hydroxyl groups excluding tert-OH is 1. The van der Waals surface area contributed by atoms with Crippen LogP contribution in [0, 0.1) is 17.3 Å². The molecular weight excluding hydrogens is 256 g/mol. The van der Waals surface area contributed by atoms with Crippen LogP contribution in [0.2, 0.25) is 0 Å². The Morgan fingerprint density at radius 2 is 1.86 bits per heavy atom. The van der Waals surface area contributed by atoms with E-state index in [1.165, 1.54) is 56.9 Å². The van der Waals surface area contributed by atoms with Crippen molar-refractivity contribution in [3.63, 3.8) is 0 Å². The summed E-state index contributed by atoms with van der Waals surface area (Å²) in [6, 6.07) is 10.9. The number of rotatable bonds is 6. The molecule has 0 bridgehead atoms. The van der Waals surface area contributed by atoms with Crippen LogP contribution in [0.4, 0.5) is 0 Å². The van der Waals surface area contributed by atoms with Crippen molar-refractivity contribution in [1.82, 2.24) is 0 Å². The highest BCUT2D eigenvalue weighted by molar-refractivity contribution is 5.27. The monoisotopic (exact) mass is 286 g/mol. The van der Waals surface area contributed by atoms with Crippen LogP contribution in [0.3, 0.4) is 0 Å². The van der Waals surface area contributed by atoms with Gasteiger partial charge in [0, 0.05) is 6.61 Å². The lowest BCUT2D eigenvalue weighted by Crippen LogP contribution is -2.33. The normalized spacial score (nSPS) is 35.6. The Labute approximate surface area is 129 Å². The average Bonchev–Trinajstić information content (AvgIpc) is 3.35. The molecule has 0 saturated heterocycles. The summed E-state index contributed by atoms with van der Waals surface area (Å²) in [4.78, 5) is 0. The molecule has 0 aliphatic heterocycles. The largest absolute Gasteiger partial charge is 0.396 e. The summed E-state index contributed by atoms with van der Waals surface area (Å²) in [6.45, 7) is 2.69. The minimum absolute atomic E-state index is 0.239. The van der Waals surface area contributed by atoms with Crippen LogP contribution in [0.15, 0.2) is 30.3 Å². The minimum Gasteiger partial charge on any atom is -0.396 e. The lowest BCUT2D eigenvalue weighted by atomic mass is 9.66. The molecule has 1 N–H and O–H groups in total. The highest BCUT2D eigenvalue weighted by Gasteiger charge is 2.53. The fourth-order valence-electron chi connectivity index (χ4n) is 4.62. The van der Waals surface area contributed by atoms with Crippen molar-refractivity contribution < 1.29 is 5.11 Å². The first kappa shape index (κ1) is 15.1. The fraction of sp³-hybridized carbons (Fsp3) is 0.700. The molecule has 0 radical (unpaired) electrons. The molecule has 2 aliphatic rings. The highest BCUT2D eigenvalue weighted by Crippen LogP contribution is 2.62. The fourth-order valence-corrected chi connectivity index (χ4v) is 4.62. The van der Waals surface area contributed by atoms with Gasteiger partial charge >= 0.3 is 0 Å². The van der Waals surface area contributed by atoms with Gasteiger partial charge in [0.05, 0.1) is 0 Å². The summed E-state index contributed by atoms with van der Waals surface area (Å²) < 4.78 is 0. The molecule has 2 aliphatic carbocycles. The quantitative estimate of drug-likeness (QED) is 0.767. The topological polar surface area (TPSA) is 20.2 Å². The zero-order chi connectivity index (χ0) is 14.7. The Morgan fingerprint density at radius 3 is 2.48 bits per heavy atom. The van der Waals surface area contributed by atoms with E-state index in [-0.39, 0.29) is 5.41 Å². The molecule has 116 valence electrons. The van der Waals surface area contributed by atoms with Gasteiger partial charge in [-0.2, -0.15) is 0 Å². The Balaban J connectivity index is 1.59. The smallest absolute Gasteiger partial charge is 0.0490 e. The third-order valence-corrected chi connectivity index (χ3v) is 6.19. The predicted molar refractivity (Wildman–Crippen MR) is 88.3 cm³/mol. The molecule has 1 aromatic rings. The highest BCUT2D eigenvalue weighted by atomic mass is 16.3. The van der Waals surface area contributed by atoms with Crippen LogP contribution >= 0.6 is 0 Å².